The summed E-state index contributed by atoms with van der Waals surface area (Å²) >= 11 is 1.54. The molecule has 0 saturated heterocycles. The molecule has 1 heterocycles. The second-order valence-electron chi connectivity index (χ2n) is 5.61. The third-order valence-corrected chi connectivity index (χ3v) is 3.52. The first-order valence-corrected chi connectivity index (χ1v) is 6.61. The van der Waals surface area contributed by atoms with E-state index in [1.165, 1.54) is 11.5 Å². The second kappa shape index (κ2) is 5.23. The Morgan fingerprint density at radius 2 is 1.94 bits per heavy atom. The summed E-state index contributed by atoms with van der Waals surface area (Å²) in [6, 6.07) is 0.445. The third kappa shape index (κ3) is 3.52. The number of nitrogens with one attached hydrogen (secondary N) is 1. The number of aromatic nitrogens is 2. The molecule has 92 valence electrons. The molecule has 0 aliphatic heterocycles. The van der Waals surface area contributed by atoms with Crippen molar-refractivity contribution < 1.29 is 0 Å². The quantitative estimate of drug-likeness (QED) is 0.881. The van der Waals surface area contributed by atoms with Crippen molar-refractivity contribution in [1.29, 1.82) is 0 Å². The number of likely N-dealkylation sites (N-methyl/N-ethyl adjacent to an activating group) is 1. The molecule has 0 radical (unpaired) electrons. The smallest absolute Gasteiger partial charge is 0.145 e. The Kier molecular flexibility index (Phi) is 4.44. The molecule has 0 aromatic carbocycles. The molecular weight excluding hydrogens is 218 g/mol. The Morgan fingerprint density at radius 3 is 2.31 bits per heavy atom. The molecule has 0 saturated carbocycles. The van der Waals surface area contributed by atoms with Crippen molar-refractivity contribution in [3.05, 3.63) is 10.8 Å². The minimum Gasteiger partial charge on any atom is -0.316 e. The molecule has 1 atom stereocenters. The summed E-state index contributed by atoms with van der Waals surface area (Å²) in [5.74, 6) is 1.40. The molecule has 4 heteroatoms. The fourth-order valence-corrected chi connectivity index (χ4v) is 2.43. The van der Waals surface area contributed by atoms with Crippen molar-refractivity contribution in [3.8, 4) is 0 Å². The van der Waals surface area contributed by atoms with E-state index in [0.717, 1.165) is 17.3 Å². The molecule has 1 aromatic heterocycles. The first-order chi connectivity index (χ1) is 7.34. The summed E-state index contributed by atoms with van der Waals surface area (Å²) in [6.07, 6.45) is 0.963. The number of rotatable bonds is 4. The maximum Gasteiger partial charge on any atom is 0.145 e. The molecule has 1 rings (SSSR count). The molecule has 0 spiro atoms. The second-order valence-corrected chi connectivity index (χ2v) is 6.45. The van der Waals surface area contributed by atoms with E-state index < -0.39 is 0 Å². The molecule has 0 fully saturated rings. The Morgan fingerprint density at radius 1 is 1.31 bits per heavy atom. The van der Waals surface area contributed by atoms with Gasteiger partial charge in [-0.2, -0.15) is 4.37 Å². The summed E-state index contributed by atoms with van der Waals surface area (Å²) in [5, 5.41) is 4.50. The van der Waals surface area contributed by atoms with Crippen molar-refractivity contribution in [2.24, 2.45) is 5.41 Å². The molecular formula is C12H23N3S. The minimum absolute atomic E-state index is 0.248. The maximum atomic E-state index is 4.58. The highest BCUT2D eigenvalue weighted by atomic mass is 32.1. The van der Waals surface area contributed by atoms with Gasteiger partial charge >= 0.3 is 0 Å². The lowest BCUT2D eigenvalue weighted by Crippen LogP contribution is -2.39. The largest absolute Gasteiger partial charge is 0.316 e. The van der Waals surface area contributed by atoms with E-state index in [0.29, 0.717) is 12.0 Å². The minimum atomic E-state index is 0.248. The van der Waals surface area contributed by atoms with E-state index >= 15 is 0 Å². The van der Waals surface area contributed by atoms with Crippen LogP contribution in [-0.2, 0) is 6.42 Å². The van der Waals surface area contributed by atoms with Crippen LogP contribution in [0.3, 0.4) is 0 Å². The molecule has 0 bridgehead atoms. The summed E-state index contributed by atoms with van der Waals surface area (Å²) in [7, 11) is 2.01. The summed E-state index contributed by atoms with van der Waals surface area (Å²) in [6.45, 7) is 11.0. The Hall–Kier alpha value is -0.480. The van der Waals surface area contributed by atoms with Gasteiger partial charge in [-0.05, 0) is 24.0 Å². The topological polar surface area (TPSA) is 37.8 Å². The Labute approximate surface area is 103 Å². The van der Waals surface area contributed by atoms with Crippen LogP contribution in [0.25, 0.3) is 0 Å². The van der Waals surface area contributed by atoms with Crippen LogP contribution in [0.15, 0.2) is 0 Å². The molecule has 16 heavy (non-hydrogen) atoms. The first kappa shape index (κ1) is 13.6. The van der Waals surface area contributed by atoms with Crippen LogP contribution in [0.4, 0.5) is 0 Å². The van der Waals surface area contributed by atoms with Gasteiger partial charge in [0.2, 0.25) is 0 Å². The summed E-state index contributed by atoms with van der Waals surface area (Å²) in [4.78, 5) is 4.58. The molecule has 1 unspecified atom stereocenters. The van der Waals surface area contributed by atoms with Gasteiger partial charge in [-0.1, -0.05) is 34.6 Å². The maximum absolute atomic E-state index is 4.58. The zero-order valence-corrected chi connectivity index (χ0v) is 12.0. The van der Waals surface area contributed by atoms with Crippen molar-refractivity contribution in [1.82, 2.24) is 14.7 Å². The van der Waals surface area contributed by atoms with Gasteiger partial charge in [-0.25, -0.2) is 4.98 Å². The van der Waals surface area contributed by atoms with E-state index in [1.807, 2.05) is 7.05 Å². The average molecular weight is 241 g/mol. The fraction of sp³-hybridized carbons (Fsp3) is 0.833. The van der Waals surface area contributed by atoms with Crippen molar-refractivity contribution in [3.63, 3.8) is 0 Å². The van der Waals surface area contributed by atoms with Crippen LogP contribution in [0.2, 0.25) is 0 Å². The lowest BCUT2D eigenvalue weighted by molar-refractivity contribution is 0.279. The van der Waals surface area contributed by atoms with Gasteiger partial charge in [-0.15, -0.1) is 0 Å². The lowest BCUT2D eigenvalue weighted by Gasteiger charge is -2.29. The molecule has 0 amide bonds. The van der Waals surface area contributed by atoms with Gasteiger partial charge in [0.15, 0.2) is 0 Å². The molecule has 0 aliphatic rings. The van der Waals surface area contributed by atoms with E-state index in [-0.39, 0.29) is 5.41 Å². The van der Waals surface area contributed by atoms with Crippen LogP contribution in [0.5, 0.6) is 0 Å². The first-order valence-electron chi connectivity index (χ1n) is 5.84. The predicted octanol–water partition coefficient (Wildman–Crippen LogP) is 2.84. The highest BCUT2D eigenvalue weighted by Crippen LogP contribution is 2.23. The van der Waals surface area contributed by atoms with Gasteiger partial charge in [0.25, 0.3) is 0 Å². The standard InChI is InChI=1S/C12H23N3S/c1-8(2)11-14-10(16-15-11)7-9(13-6)12(3,4)5/h8-9,13H,7H2,1-6H3. The highest BCUT2D eigenvalue weighted by Gasteiger charge is 2.24. The van der Waals surface area contributed by atoms with Crippen LogP contribution in [-0.4, -0.2) is 22.4 Å². The van der Waals surface area contributed by atoms with Crippen LogP contribution in [0, 0.1) is 5.41 Å². The summed E-state index contributed by atoms with van der Waals surface area (Å²) in [5.41, 5.74) is 0.248. The SMILES string of the molecule is CNC(Cc1nc(C(C)C)ns1)C(C)(C)C. The number of nitrogens with zero attached hydrogens (tertiary/aromatic N) is 2. The molecule has 1 aromatic rings. The molecule has 1 N–H and O–H groups in total. The van der Waals surface area contributed by atoms with Crippen molar-refractivity contribution >= 4 is 11.5 Å². The van der Waals surface area contributed by atoms with Gasteiger partial charge in [0.1, 0.15) is 10.8 Å². The van der Waals surface area contributed by atoms with Crippen LogP contribution < -0.4 is 5.32 Å². The predicted molar refractivity (Wildman–Crippen MR) is 70.0 cm³/mol. The zero-order chi connectivity index (χ0) is 12.3. The van der Waals surface area contributed by atoms with E-state index in [9.17, 15) is 0 Å². The number of hydrogen-bond acceptors (Lipinski definition) is 4. The van der Waals surface area contributed by atoms with Gasteiger partial charge < -0.3 is 5.32 Å². The van der Waals surface area contributed by atoms with E-state index in [1.54, 1.807) is 0 Å². The van der Waals surface area contributed by atoms with E-state index in [2.05, 4.69) is 49.3 Å². The monoisotopic (exact) mass is 241 g/mol. The molecule has 3 nitrogen and oxygen atoms in total. The highest BCUT2D eigenvalue weighted by molar-refractivity contribution is 7.05. The Bertz CT molecular complexity index is 325. The van der Waals surface area contributed by atoms with E-state index in [4.69, 9.17) is 0 Å². The van der Waals surface area contributed by atoms with Crippen LogP contribution in [0.1, 0.15) is 51.4 Å². The lowest BCUT2D eigenvalue weighted by atomic mass is 9.85. The Balaban J connectivity index is 2.71. The fourth-order valence-electron chi connectivity index (χ4n) is 1.60. The van der Waals surface area contributed by atoms with Crippen molar-refractivity contribution in [2.45, 2.75) is 53.0 Å². The zero-order valence-electron chi connectivity index (χ0n) is 11.2. The normalized spacial score (nSPS) is 14.4. The molecule has 0 aliphatic carbocycles. The van der Waals surface area contributed by atoms with Crippen LogP contribution >= 0.6 is 11.5 Å². The average Bonchev–Trinajstić information content (AvgIpc) is 2.60. The van der Waals surface area contributed by atoms with Gasteiger partial charge in [0.05, 0.1) is 0 Å². The van der Waals surface area contributed by atoms with Gasteiger partial charge in [0, 0.05) is 18.4 Å². The summed E-state index contributed by atoms with van der Waals surface area (Å²) < 4.78 is 4.39. The van der Waals surface area contributed by atoms with Crippen molar-refractivity contribution in [2.75, 3.05) is 7.05 Å². The van der Waals surface area contributed by atoms with Gasteiger partial charge in [-0.3, -0.25) is 0 Å². The third-order valence-electron chi connectivity index (χ3n) is 2.77. The number of hydrogen-bond donors (Lipinski definition) is 1.